The van der Waals surface area contributed by atoms with Gasteiger partial charge in [-0.05, 0) is 25.5 Å². The Kier molecular flexibility index (Phi) is 5.95. The molecule has 1 saturated heterocycles. The van der Waals surface area contributed by atoms with Crippen LogP contribution in [0.3, 0.4) is 0 Å². The van der Waals surface area contributed by atoms with Crippen LogP contribution < -0.4 is 0 Å². The van der Waals surface area contributed by atoms with E-state index in [9.17, 15) is 14.4 Å². The predicted octanol–water partition coefficient (Wildman–Crippen LogP) is 1.14. The zero-order chi connectivity index (χ0) is 17.9. The van der Waals surface area contributed by atoms with Gasteiger partial charge in [-0.25, -0.2) is 0 Å². The van der Waals surface area contributed by atoms with Crippen LogP contribution in [-0.2, 0) is 14.3 Å². The number of carbonyl (C=O) groups is 3. The molecule has 0 radical (unpaired) electrons. The quantitative estimate of drug-likeness (QED) is 0.857. The van der Waals surface area contributed by atoms with Gasteiger partial charge < -0.3 is 19.6 Å². The second kappa shape index (κ2) is 7.76. The Morgan fingerprint density at radius 2 is 2.12 bits per heavy atom. The van der Waals surface area contributed by atoms with Crippen molar-refractivity contribution in [1.29, 1.82) is 0 Å². The van der Waals surface area contributed by atoms with Gasteiger partial charge in [0, 0.05) is 31.4 Å². The fourth-order valence-corrected chi connectivity index (χ4v) is 3.56. The molecule has 132 valence electrons. The van der Waals surface area contributed by atoms with Crippen molar-refractivity contribution >= 4 is 29.1 Å². The van der Waals surface area contributed by atoms with Crippen molar-refractivity contribution in [3.05, 3.63) is 21.4 Å². The average molecular weight is 354 g/mol. The standard InChI is InChI=1S/C16H22N2O5S/c1-10-6-14(24-11(10)2)16(22)17-4-5-23-13(7-17)8-18(12(3)19)9-15(20)21/h6,13H,4-5,7-9H2,1-3H3,(H,20,21). The number of aliphatic carboxylic acids is 1. The van der Waals surface area contributed by atoms with Gasteiger partial charge >= 0.3 is 5.97 Å². The molecule has 1 aromatic rings. The van der Waals surface area contributed by atoms with Crippen LogP contribution in [0, 0.1) is 13.8 Å². The fourth-order valence-electron chi connectivity index (χ4n) is 2.56. The third-order valence-corrected chi connectivity index (χ3v) is 5.14. The normalized spacial score (nSPS) is 17.6. The van der Waals surface area contributed by atoms with Gasteiger partial charge in [0.2, 0.25) is 5.91 Å². The van der Waals surface area contributed by atoms with Crippen molar-refractivity contribution in [3.8, 4) is 0 Å². The Hall–Kier alpha value is -1.93. The van der Waals surface area contributed by atoms with E-state index in [0.29, 0.717) is 24.6 Å². The molecule has 1 fully saturated rings. The Balaban J connectivity index is 2.01. The van der Waals surface area contributed by atoms with Crippen LogP contribution >= 0.6 is 11.3 Å². The largest absolute Gasteiger partial charge is 0.480 e. The second-order valence-corrected chi connectivity index (χ2v) is 7.14. The molecule has 2 rings (SSSR count). The van der Waals surface area contributed by atoms with E-state index in [1.165, 1.54) is 23.2 Å². The van der Waals surface area contributed by atoms with Crippen LogP contribution in [-0.4, -0.2) is 71.6 Å². The number of morpholine rings is 1. The van der Waals surface area contributed by atoms with Crippen LogP contribution in [0.5, 0.6) is 0 Å². The van der Waals surface area contributed by atoms with Crippen LogP contribution in [0.1, 0.15) is 27.0 Å². The van der Waals surface area contributed by atoms with E-state index in [1.54, 1.807) is 4.90 Å². The molecule has 1 aliphatic heterocycles. The summed E-state index contributed by atoms with van der Waals surface area (Å²) in [5.41, 5.74) is 1.09. The maximum absolute atomic E-state index is 12.6. The van der Waals surface area contributed by atoms with Gasteiger partial charge in [-0.1, -0.05) is 0 Å². The summed E-state index contributed by atoms with van der Waals surface area (Å²) >= 11 is 1.47. The minimum absolute atomic E-state index is 0.0443. The van der Waals surface area contributed by atoms with Crippen LogP contribution in [0.2, 0.25) is 0 Å². The van der Waals surface area contributed by atoms with Crippen molar-refractivity contribution in [1.82, 2.24) is 9.80 Å². The number of carboxylic acids is 1. The molecule has 0 spiro atoms. The lowest BCUT2D eigenvalue weighted by Crippen LogP contribution is -2.51. The van der Waals surface area contributed by atoms with Crippen LogP contribution in [0.25, 0.3) is 0 Å². The molecule has 0 saturated carbocycles. The fraction of sp³-hybridized carbons (Fsp3) is 0.562. The lowest BCUT2D eigenvalue weighted by molar-refractivity contribution is -0.145. The lowest BCUT2D eigenvalue weighted by Gasteiger charge is -2.35. The van der Waals surface area contributed by atoms with E-state index in [4.69, 9.17) is 9.84 Å². The third kappa shape index (κ3) is 4.55. The summed E-state index contributed by atoms with van der Waals surface area (Å²) in [6.07, 6.45) is -0.381. The molecular weight excluding hydrogens is 332 g/mol. The van der Waals surface area contributed by atoms with E-state index in [0.717, 1.165) is 10.4 Å². The van der Waals surface area contributed by atoms with E-state index in [1.807, 2.05) is 19.9 Å². The molecule has 0 bridgehead atoms. The highest BCUT2D eigenvalue weighted by Gasteiger charge is 2.28. The number of carbonyl (C=O) groups excluding carboxylic acids is 2. The number of ether oxygens (including phenoxy) is 1. The summed E-state index contributed by atoms with van der Waals surface area (Å²) < 4.78 is 5.61. The van der Waals surface area contributed by atoms with Gasteiger partial charge in [0.25, 0.3) is 5.91 Å². The molecule has 1 unspecified atom stereocenters. The Morgan fingerprint density at radius 3 is 2.67 bits per heavy atom. The summed E-state index contributed by atoms with van der Waals surface area (Å²) in [6.45, 7) is 6.28. The smallest absolute Gasteiger partial charge is 0.323 e. The van der Waals surface area contributed by atoms with Crippen molar-refractivity contribution in [2.75, 3.05) is 32.8 Å². The number of rotatable bonds is 5. The summed E-state index contributed by atoms with van der Waals surface area (Å²) in [6, 6.07) is 1.89. The third-order valence-electron chi connectivity index (χ3n) is 4.00. The second-order valence-electron chi connectivity index (χ2n) is 5.89. The van der Waals surface area contributed by atoms with E-state index >= 15 is 0 Å². The van der Waals surface area contributed by atoms with Gasteiger partial charge in [0.1, 0.15) is 6.54 Å². The number of hydrogen-bond acceptors (Lipinski definition) is 5. The van der Waals surface area contributed by atoms with Gasteiger partial charge in [-0.3, -0.25) is 14.4 Å². The first-order valence-corrected chi connectivity index (χ1v) is 8.54. The summed E-state index contributed by atoms with van der Waals surface area (Å²) in [4.78, 5) is 39.8. The maximum atomic E-state index is 12.6. The van der Waals surface area contributed by atoms with E-state index < -0.39 is 5.97 Å². The molecular formula is C16H22N2O5S. The van der Waals surface area contributed by atoms with Crippen LogP contribution in [0.15, 0.2) is 6.07 Å². The number of thiophene rings is 1. The van der Waals surface area contributed by atoms with Gasteiger partial charge in [-0.2, -0.15) is 0 Å². The number of amides is 2. The summed E-state index contributed by atoms with van der Waals surface area (Å²) in [5, 5.41) is 8.88. The van der Waals surface area contributed by atoms with Crippen molar-refractivity contribution < 1.29 is 24.2 Å². The Labute approximate surface area is 144 Å². The Bertz CT molecular complexity index is 623. The molecule has 1 N–H and O–H groups in total. The molecule has 8 heteroatoms. The molecule has 1 aliphatic rings. The van der Waals surface area contributed by atoms with Gasteiger partial charge in [0.15, 0.2) is 0 Å². The summed E-state index contributed by atoms with van der Waals surface area (Å²) in [7, 11) is 0. The summed E-state index contributed by atoms with van der Waals surface area (Å²) in [5.74, 6) is -1.44. The zero-order valence-electron chi connectivity index (χ0n) is 14.1. The minimum Gasteiger partial charge on any atom is -0.480 e. The number of hydrogen-bond donors (Lipinski definition) is 1. The molecule has 0 aliphatic carbocycles. The van der Waals surface area contributed by atoms with Gasteiger partial charge in [0.05, 0.1) is 17.6 Å². The molecule has 24 heavy (non-hydrogen) atoms. The molecule has 2 heterocycles. The molecule has 1 atom stereocenters. The van der Waals surface area contributed by atoms with E-state index in [2.05, 4.69) is 0 Å². The van der Waals surface area contributed by atoms with Crippen molar-refractivity contribution in [2.45, 2.75) is 26.9 Å². The number of aryl methyl sites for hydroxylation is 2. The molecule has 7 nitrogen and oxygen atoms in total. The van der Waals surface area contributed by atoms with E-state index in [-0.39, 0.29) is 31.0 Å². The number of carboxylic acid groups (broad SMARTS) is 1. The maximum Gasteiger partial charge on any atom is 0.323 e. The van der Waals surface area contributed by atoms with Crippen LogP contribution in [0.4, 0.5) is 0 Å². The van der Waals surface area contributed by atoms with Crippen molar-refractivity contribution in [2.24, 2.45) is 0 Å². The van der Waals surface area contributed by atoms with Crippen molar-refractivity contribution in [3.63, 3.8) is 0 Å². The SMILES string of the molecule is CC(=O)N(CC(=O)O)CC1CN(C(=O)c2cc(C)c(C)s2)CCO1. The molecule has 1 aromatic heterocycles. The first-order chi connectivity index (χ1) is 11.3. The lowest BCUT2D eigenvalue weighted by atomic mass is 10.2. The molecule has 2 amide bonds. The zero-order valence-corrected chi connectivity index (χ0v) is 14.9. The van der Waals surface area contributed by atoms with Gasteiger partial charge in [-0.15, -0.1) is 11.3 Å². The highest BCUT2D eigenvalue weighted by Crippen LogP contribution is 2.23. The highest BCUT2D eigenvalue weighted by atomic mass is 32.1. The average Bonchev–Trinajstić information content (AvgIpc) is 2.85. The topological polar surface area (TPSA) is 87.2 Å². The highest BCUT2D eigenvalue weighted by molar-refractivity contribution is 7.14. The minimum atomic E-state index is -1.07. The first-order valence-electron chi connectivity index (χ1n) is 7.73. The Morgan fingerprint density at radius 1 is 1.42 bits per heavy atom. The molecule has 0 aromatic carbocycles. The monoisotopic (exact) mass is 354 g/mol. The predicted molar refractivity (Wildman–Crippen MR) is 89.3 cm³/mol. The number of nitrogens with zero attached hydrogens (tertiary/aromatic N) is 2. The first kappa shape index (κ1) is 18.4.